The molecule has 1 aliphatic heterocycles. The van der Waals surface area contributed by atoms with Crippen molar-refractivity contribution in [3.05, 3.63) is 116 Å². The van der Waals surface area contributed by atoms with E-state index in [0.717, 1.165) is 20.4 Å². The number of furan rings is 1. The SMILES string of the molecule is CCOc1cc(/C=C2\SC(=Nc3ccccc3)N(Cc3ccco3)C2=O)cc(I)c1OCc1ccc(C)cc1. The lowest BCUT2D eigenvalue weighted by Crippen LogP contribution is -2.28. The molecule has 1 saturated heterocycles. The van der Waals surface area contributed by atoms with Gasteiger partial charge in [-0.05, 0) is 102 Å². The van der Waals surface area contributed by atoms with Crippen molar-refractivity contribution in [3.63, 3.8) is 0 Å². The molecule has 39 heavy (non-hydrogen) atoms. The third-order valence-electron chi connectivity index (χ3n) is 5.90. The molecule has 0 saturated carbocycles. The lowest BCUT2D eigenvalue weighted by atomic mass is 10.1. The van der Waals surface area contributed by atoms with E-state index in [-0.39, 0.29) is 5.91 Å². The minimum atomic E-state index is -0.126. The van der Waals surface area contributed by atoms with Gasteiger partial charge in [-0.2, -0.15) is 0 Å². The van der Waals surface area contributed by atoms with Gasteiger partial charge in [-0.1, -0.05) is 48.0 Å². The number of hydrogen-bond donors (Lipinski definition) is 0. The molecule has 1 aromatic heterocycles. The number of thioether (sulfide) groups is 1. The number of carbonyl (C=O) groups is 1. The molecule has 0 unspecified atom stereocenters. The number of aryl methyl sites for hydroxylation is 1. The van der Waals surface area contributed by atoms with Crippen LogP contribution in [-0.2, 0) is 17.9 Å². The number of benzene rings is 3. The highest BCUT2D eigenvalue weighted by Crippen LogP contribution is 2.39. The van der Waals surface area contributed by atoms with E-state index < -0.39 is 0 Å². The van der Waals surface area contributed by atoms with Gasteiger partial charge in [0.2, 0.25) is 0 Å². The lowest BCUT2D eigenvalue weighted by molar-refractivity contribution is -0.122. The summed E-state index contributed by atoms with van der Waals surface area (Å²) in [4.78, 5) is 20.5. The van der Waals surface area contributed by atoms with Gasteiger partial charge in [-0.15, -0.1) is 0 Å². The highest BCUT2D eigenvalue weighted by molar-refractivity contribution is 14.1. The number of amides is 1. The third-order valence-corrected chi connectivity index (χ3v) is 7.70. The van der Waals surface area contributed by atoms with E-state index in [1.165, 1.54) is 17.3 Å². The van der Waals surface area contributed by atoms with E-state index in [4.69, 9.17) is 18.9 Å². The Morgan fingerprint density at radius 2 is 1.82 bits per heavy atom. The molecular weight excluding hydrogens is 623 g/mol. The first-order valence-electron chi connectivity index (χ1n) is 12.5. The van der Waals surface area contributed by atoms with Crippen molar-refractivity contribution in [1.82, 2.24) is 4.90 Å². The molecule has 0 bridgehead atoms. The number of amidine groups is 1. The molecule has 1 amide bonds. The molecule has 6 nitrogen and oxygen atoms in total. The maximum atomic E-state index is 13.5. The number of carbonyl (C=O) groups excluding carboxylic acids is 1. The van der Waals surface area contributed by atoms with Crippen LogP contribution in [0.2, 0.25) is 0 Å². The fourth-order valence-electron chi connectivity index (χ4n) is 3.97. The van der Waals surface area contributed by atoms with Crippen LogP contribution < -0.4 is 9.47 Å². The van der Waals surface area contributed by atoms with Crippen LogP contribution in [0.3, 0.4) is 0 Å². The van der Waals surface area contributed by atoms with Gasteiger partial charge in [0.25, 0.3) is 5.91 Å². The van der Waals surface area contributed by atoms with Crippen molar-refractivity contribution in [2.24, 2.45) is 4.99 Å². The highest BCUT2D eigenvalue weighted by Gasteiger charge is 2.34. The predicted octanol–water partition coefficient (Wildman–Crippen LogP) is 7.97. The first kappa shape index (κ1) is 27.1. The summed E-state index contributed by atoms with van der Waals surface area (Å²) in [5.41, 5.74) is 3.92. The third kappa shape index (κ3) is 6.75. The van der Waals surface area contributed by atoms with E-state index >= 15 is 0 Å². The van der Waals surface area contributed by atoms with Gasteiger partial charge >= 0.3 is 0 Å². The first-order chi connectivity index (χ1) is 19.0. The summed E-state index contributed by atoms with van der Waals surface area (Å²) in [6, 6.07) is 25.5. The Hall–Kier alpha value is -3.50. The zero-order chi connectivity index (χ0) is 27.2. The molecule has 0 spiro atoms. The molecule has 4 aromatic rings. The second-order valence-electron chi connectivity index (χ2n) is 8.85. The number of para-hydroxylation sites is 1. The molecule has 0 aliphatic carbocycles. The van der Waals surface area contributed by atoms with Gasteiger partial charge in [0, 0.05) is 0 Å². The Kier molecular flexibility index (Phi) is 8.73. The maximum Gasteiger partial charge on any atom is 0.267 e. The van der Waals surface area contributed by atoms with Crippen LogP contribution in [0.4, 0.5) is 5.69 Å². The first-order valence-corrected chi connectivity index (χ1v) is 14.4. The van der Waals surface area contributed by atoms with E-state index in [1.807, 2.05) is 67.6 Å². The van der Waals surface area contributed by atoms with Crippen molar-refractivity contribution in [1.29, 1.82) is 0 Å². The average Bonchev–Trinajstić information content (AvgIpc) is 3.54. The van der Waals surface area contributed by atoms with Crippen LogP contribution in [-0.4, -0.2) is 22.6 Å². The van der Waals surface area contributed by atoms with Crippen molar-refractivity contribution in [3.8, 4) is 11.5 Å². The number of rotatable bonds is 9. The molecule has 0 atom stereocenters. The molecule has 3 aromatic carbocycles. The van der Waals surface area contributed by atoms with Crippen molar-refractivity contribution >= 4 is 57.2 Å². The van der Waals surface area contributed by atoms with Gasteiger partial charge in [0.05, 0.1) is 33.6 Å². The molecule has 8 heteroatoms. The second-order valence-corrected chi connectivity index (χ2v) is 11.0. The van der Waals surface area contributed by atoms with E-state index in [1.54, 1.807) is 11.2 Å². The number of aliphatic imine (C=N–C) groups is 1. The van der Waals surface area contributed by atoms with Crippen LogP contribution in [0, 0.1) is 10.5 Å². The monoisotopic (exact) mass is 650 g/mol. The Labute approximate surface area is 245 Å². The normalized spacial score (nSPS) is 15.4. The van der Waals surface area contributed by atoms with Gasteiger partial charge < -0.3 is 13.9 Å². The Balaban J connectivity index is 1.44. The number of nitrogens with zero attached hydrogens (tertiary/aromatic N) is 2. The smallest absolute Gasteiger partial charge is 0.267 e. The van der Waals surface area contributed by atoms with Gasteiger partial charge in [0.15, 0.2) is 16.7 Å². The quantitative estimate of drug-likeness (QED) is 0.136. The number of hydrogen-bond acceptors (Lipinski definition) is 6. The van der Waals surface area contributed by atoms with Gasteiger partial charge in [0.1, 0.15) is 12.4 Å². The van der Waals surface area contributed by atoms with Crippen LogP contribution in [0.15, 0.2) is 99.4 Å². The van der Waals surface area contributed by atoms with Crippen molar-refractivity contribution in [2.45, 2.75) is 27.0 Å². The summed E-state index contributed by atoms with van der Waals surface area (Å²) in [5, 5.41) is 0.603. The molecule has 0 N–H and O–H groups in total. The lowest BCUT2D eigenvalue weighted by Gasteiger charge is -2.15. The second kappa shape index (κ2) is 12.6. The van der Waals surface area contributed by atoms with Gasteiger partial charge in [-0.3, -0.25) is 9.69 Å². The molecule has 5 rings (SSSR count). The summed E-state index contributed by atoms with van der Waals surface area (Å²) in [5.74, 6) is 1.90. The summed E-state index contributed by atoms with van der Waals surface area (Å²) in [7, 11) is 0. The topological polar surface area (TPSA) is 64.3 Å². The molecule has 0 radical (unpaired) electrons. The number of halogens is 1. The summed E-state index contributed by atoms with van der Waals surface area (Å²) in [6.45, 7) is 5.24. The molecule has 198 valence electrons. The standard InChI is InChI=1S/C31H27IN2O4S/c1-3-36-27-17-23(16-26(32)29(27)38-20-22-13-11-21(2)12-14-22)18-28-30(35)34(19-25-10-7-15-37-25)31(39-28)33-24-8-5-4-6-9-24/h4-18H,3,19-20H2,1-2H3/b28-18-,33-31?. The maximum absolute atomic E-state index is 13.5. The molecule has 2 heterocycles. The summed E-state index contributed by atoms with van der Waals surface area (Å²) >= 11 is 3.60. The zero-order valence-corrected chi connectivity index (χ0v) is 24.6. The van der Waals surface area contributed by atoms with Gasteiger partial charge in [-0.25, -0.2) is 4.99 Å². The molecule has 1 aliphatic rings. The fraction of sp³-hybridized carbons (Fsp3) is 0.161. The predicted molar refractivity (Wildman–Crippen MR) is 164 cm³/mol. The van der Waals surface area contributed by atoms with E-state index in [2.05, 4.69) is 53.8 Å². The van der Waals surface area contributed by atoms with Crippen LogP contribution in [0.5, 0.6) is 11.5 Å². The molecule has 1 fully saturated rings. The minimum Gasteiger partial charge on any atom is -0.490 e. The Morgan fingerprint density at radius 1 is 1.03 bits per heavy atom. The number of ether oxygens (including phenoxy) is 2. The molecular formula is C31H27IN2O4S. The van der Waals surface area contributed by atoms with Crippen LogP contribution >= 0.6 is 34.4 Å². The van der Waals surface area contributed by atoms with E-state index in [0.29, 0.717) is 47.1 Å². The average molecular weight is 651 g/mol. The van der Waals surface area contributed by atoms with Crippen LogP contribution in [0.1, 0.15) is 29.4 Å². The zero-order valence-electron chi connectivity index (χ0n) is 21.6. The summed E-state index contributed by atoms with van der Waals surface area (Å²) in [6.07, 6.45) is 3.48. The largest absolute Gasteiger partial charge is 0.490 e. The van der Waals surface area contributed by atoms with Crippen molar-refractivity contribution < 1.29 is 18.7 Å². The highest BCUT2D eigenvalue weighted by atomic mass is 127. The van der Waals surface area contributed by atoms with Crippen LogP contribution in [0.25, 0.3) is 6.08 Å². The summed E-state index contributed by atoms with van der Waals surface area (Å²) < 4.78 is 18.6. The van der Waals surface area contributed by atoms with Crippen molar-refractivity contribution in [2.75, 3.05) is 6.61 Å². The van der Waals surface area contributed by atoms with E-state index in [9.17, 15) is 4.79 Å². The Bertz CT molecular complexity index is 1500. The fourth-order valence-corrected chi connectivity index (χ4v) is 5.75. The minimum absolute atomic E-state index is 0.126. The Morgan fingerprint density at radius 3 is 2.54 bits per heavy atom.